The van der Waals surface area contributed by atoms with Crippen LogP contribution in [0.25, 0.3) is 0 Å². The number of amides is 1. The molecule has 2 aliphatic heterocycles. The van der Waals surface area contributed by atoms with Crippen molar-refractivity contribution in [3.05, 3.63) is 0 Å². The van der Waals surface area contributed by atoms with Crippen molar-refractivity contribution in [2.75, 3.05) is 39.4 Å². The van der Waals surface area contributed by atoms with E-state index in [1.807, 2.05) is 4.90 Å². The Morgan fingerprint density at radius 3 is 2.88 bits per heavy atom. The molecule has 2 fully saturated rings. The predicted octanol–water partition coefficient (Wildman–Crippen LogP) is -0.828. The predicted molar refractivity (Wildman–Crippen MR) is 61.0 cm³/mol. The highest BCUT2D eigenvalue weighted by Crippen LogP contribution is 2.19. The van der Waals surface area contributed by atoms with Gasteiger partial charge >= 0.3 is 0 Å². The summed E-state index contributed by atoms with van der Waals surface area (Å²) in [6, 6.07) is 0.170. The van der Waals surface area contributed by atoms with Gasteiger partial charge in [0.25, 0.3) is 0 Å². The molecule has 1 unspecified atom stereocenters. The normalized spacial score (nSPS) is 28.1. The van der Waals surface area contributed by atoms with E-state index >= 15 is 0 Å². The molecule has 0 saturated carbocycles. The molecule has 0 aromatic carbocycles. The summed E-state index contributed by atoms with van der Waals surface area (Å²) in [4.78, 5) is 14.3. The molecule has 0 aromatic heterocycles. The molecular formula is C11H21N3O2. The van der Waals surface area contributed by atoms with Crippen LogP contribution >= 0.6 is 0 Å². The largest absolute Gasteiger partial charge is 0.381 e. The van der Waals surface area contributed by atoms with Gasteiger partial charge in [-0.05, 0) is 12.8 Å². The number of nitrogens with zero attached hydrogens (tertiary/aromatic N) is 1. The Balaban J connectivity index is 1.95. The summed E-state index contributed by atoms with van der Waals surface area (Å²) in [6.45, 7) is 4.47. The molecule has 3 N–H and O–H groups in total. The van der Waals surface area contributed by atoms with Gasteiger partial charge in [-0.3, -0.25) is 4.79 Å². The van der Waals surface area contributed by atoms with Crippen LogP contribution in [0.1, 0.15) is 12.8 Å². The van der Waals surface area contributed by atoms with Crippen LogP contribution in [0, 0.1) is 5.92 Å². The van der Waals surface area contributed by atoms with Crippen molar-refractivity contribution >= 4 is 5.91 Å². The van der Waals surface area contributed by atoms with E-state index in [0.717, 1.165) is 45.7 Å². The summed E-state index contributed by atoms with van der Waals surface area (Å²) in [5.74, 6) is 0.432. The van der Waals surface area contributed by atoms with E-state index in [0.29, 0.717) is 6.54 Å². The van der Waals surface area contributed by atoms with E-state index in [4.69, 9.17) is 10.5 Å². The summed E-state index contributed by atoms with van der Waals surface area (Å²) in [5.41, 5.74) is 5.70. The highest BCUT2D eigenvalue weighted by Gasteiger charge is 2.31. The number of piperazine rings is 1. The first-order valence-corrected chi connectivity index (χ1v) is 6.12. The molecule has 0 radical (unpaired) electrons. The van der Waals surface area contributed by atoms with Gasteiger partial charge in [0.2, 0.25) is 5.91 Å². The van der Waals surface area contributed by atoms with Gasteiger partial charge in [-0.2, -0.15) is 0 Å². The fourth-order valence-electron chi connectivity index (χ4n) is 2.44. The van der Waals surface area contributed by atoms with Gasteiger partial charge in [0, 0.05) is 45.3 Å². The summed E-state index contributed by atoms with van der Waals surface area (Å²) in [6.07, 6.45) is 1.72. The van der Waals surface area contributed by atoms with E-state index in [-0.39, 0.29) is 17.9 Å². The molecule has 2 heterocycles. The lowest BCUT2D eigenvalue weighted by Crippen LogP contribution is -2.58. The molecule has 0 spiro atoms. The number of carbonyl (C=O) groups is 1. The van der Waals surface area contributed by atoms with E-state index in [9.17, 15) is 4.79 Å². The van der Waals surface area contributed by atoms with E-state index < -0.39 is 0 Å². The Labute approximate surface area is 96.3 Å². The lowest BCUT2D eigenvalue weighted by atomic mass is 9.97. The van der Waals surface area contributed by atoms with Gasteiger partial charge in [-0.15, -0.1) is 0 Å². The summed E-state index contributed by atoms with van der Waals surface area (Å²) in [7, 11) is 0. The minimum absolute atomic E-state index is 0.154. The number of ether oxygens (including phenoxy) is 1. The second kappa shape index (κ2) is 5.61. The molecule has 2 aliphatic rings. The molecule has 5 heteroatoms. The Morgan fingerprint density at radius 1 is 1.44 bits per heavy atom. The third kappa shape index (κ3) is 2.53. The van der Waals surface area contributed by atoms with Gasteiger partial charge in [0.1, 0.15) is 0 Å². The van der Waals surface area contributed by atoms with Gasteiger partial charge < -0.3 is 20.7 Å². The lowest BCUT2D eigenvalue weighted by molar-refractivity contribution is -0.141. The van der Waals surface area contributed by atoms with Crippen molar-refractivity contribution in [1.29, 1.82) is 0 Å². The smallest absolute Gasteiger partial charge is 0.226 e. The second-order valence-corrected chi connectivity index (χ2v) is 4.51. The van der Waals surface area contributed by atoms with Crippen LogP contribution in [0.5, 0.6) is 0 Å². The Bertz CT molecular complexity index is 241. The monoisotopic (exact) mass is 227 g/mol. The molecule has 2 rings (SSSR count). The minimum Gasteiger partial charge on any atom is -0.381 e. The first-order valence-electron chi connectivity index (χ1n) is 6.12. The summed E-state index contributed by atoms with van der Waals surface area (Å²) in [5, 5.41) is 3.27. The van der Waals surface area contributed by atoms with Gasteiger partial charge in [-0.25, -0.2) is 0 Å². The Hall–Kier alpha value is -0.650. The van der Waals surface area contributed by atoms with Crippen LogP contribution in [0.3, 0.4) is 0 Å². The van der Waals surface area contributed by atoms with Gasteiger partial charge in [0.05, 0.1) is 6.04 Å². The van der Waals surface area contributed by atoms with Crippen molar-refractivity contribution in [1.82, 2.24) is 10.2 Å². The highest BCUT2D eigenvalue weighted by molar-refractivity contribution is 5.79. The zero-order valence-electron chi connectivity index (χ0n) is 9.65. The number of rotatable bonds is 2. The number of hydrogen-bond acceptors (Lipinski definition) is 4. The molecule has 92 valence electrons. The van der Waals surface area contributed by atoms with Gasteiger partial charge in [0.15, 0.2) is 0 Å². The third-order valence-electron chi connectivity index (χ3n) is 3.48. The molecule has 1 amide bonds. The topological polar surface area (TPSA) is 67.6 Å². The summed E-state index contributed by atoms with van der Waals surface area (Å²) < 4.78 is 5.28. The third-order valence-corrected chi connectivity index (χ3v) is 3.48. The van der Waals surface area contributed by atoms with Crippen LogP contribution in [-0.2, 0) is 9.53 Å². The molecule has 0 aliphatic carbocycles. The quantitative estimate of drug-likeness (QED) is 0.646. The Kier molecular flexibility index (Phi) is 4.15. The van der Waals surface area contributed by atoms with Crippen molar-refractivity contribution in [3.8, 4) is 0 Å². The standard InChI is InChI=1S/C11H21N3O2/c12-7-10-8-13-3-4-14(10)11(15)9-1-5-16-6-2-9/h9-10,13H,1-8,12H2. The van der Waals surface area contributed by atoms with Crippen molar-refractivity contribution < 1.29 is 9.53 Å². The molecular weight excluding hydrogens is 206 g/mol. The molecule has 16 heavy (non-hydrogen) atoms. The maximum atomic E-state index is 12.3. The number of nitrogens with two attached hydrogens (primary N) is 1. The van der Waals surface area contributed by atoms with E-state index in [2.05, 4.69) is 5.32 Å². The maximum absolute atomic E-state index is 12.3. The zero-order valence-corrected chi connectivity index (χ0v) is 9.65. The first-order chi connectivity index (χ1) is 7.83. The van der Waals surface area contributed by atoms with Gasteiger partial charge in [-0.1, -0.05) is 0 Å². The van der Waals surface area contributed by atoms with Crippen LogP contribution in [0.15, 0.2) is 0 Å². The number of nitrogens with one attached hydrogen (secondary N) is 1. The molecule has 1 atom stereocenters. The van der Waals surface area contributed by atoms with Crippen molar-refractivity contribution in [2.45, 2.75) is 18.9 Å². The molecule has 0 bridgehead atoms. The first kappa shape index (κ1) is 11.8. The molecule has 2 saturated heterocycles. The van der Waals surface area contributed by atoms with Crippen LogP contribution in [-0.4, -0.2) is 56.2 Å². The van der Waals surface area contributed by atoms with Crippen molar-refractivity contribution in [2.24, 2.45) is 11.7 Å². The minimum atomic E-state index is 0.154. The molecule has 0 aromatic rings. The number of hydrogen-bond donors (Lipinski definition) is 2. The fourth-order valence-corrected chi connectivity index (χ4v) is 2.44. The van der Waals surface area contributed by atoms with Crippen LogP contribution in [0.2, 0.25) is 0 Å². The fraction of sp³-hybridized carbons (Fsp3) is 0.909. The number of carbonyl (C=O) groups excluding carboxylic acids is 1. The molecule has 5 nitrogen and oxygen atoms in total. The van der Waals surface area contributed by atoms with E-state index in [1.165, 1.54) is 0 Å². The second-order valence-electron chi connectivity index (χ2n) is 4.51. The Morgan fingerprint density at radius 2 is 2.19 bits per heavy atom. The summed E-state index contributed by atoms with van der Waals surface area (Å²) >= 11 is 0. The SMILES string of the molecule is NCC1CNCCN1C(=O)C1CCOCC1. The van der Waals surface area contributed by atoms with Crippen LogP contribution in [0.4, 0.5) is 0 Å². The van der Waals surface area contributed by atoms with Crippen molar-refractivity contribution in [3.63, 3.8) is 0 Å². The zero-order chi connectivity index (χ0) is 11.4. The highest BCUT2D eigenvalue weighted by atomic mass is 16.5. The maximum Gasteiger partial charge on any atom is 0.226 e. The average Bonchev–Trinajstić information content (AvgIpc) is 2.39. The average molecular weight is 227 g/mol. The van der Waals surface area contributed by atoms with Crippen LogP contribution < -0.4 is 11.1 Å². The van der Waals surface area contributed by atoms with E-state index in [1.54, 1.807) is 0 Å². The lowest BCUT2D eigenvalue weighted by Gasteiger charge is -2.38.